The molecule has 0 aromatic heterocycles. The van der Waals surface area contributed by atoms with Gasteiger partial charge >= 0.3 is 0 Å². The first-order valence-electron chi connectivity index (χ1n) is 9.23. The van der Waals surface area contributed by atoms with Crippen LogP contribution in [0, 0.1) is 68.3 Å². The number of halogens is 2. The van der Waals surface area contributed by atoms with Gasteiger partial charge in [0.2, 0.25) is 0 Å². The molecule has 5 nitrogen and oxygen atoms in total. The maximum Gasteiger partial charge on any atom is 0.189 e. The SMILES string of the molecule is CCC[NH+]1CC=C2C(C#N)C(=N)C(C#N)(C#N)[C@@H](c3ccc(F)c(F)c3)[C@H]2C1. The number of nitriles is 3. The summed E-state index contributed by atoms with van der Waals surface area (Å²) in [5.41, 5.74) is -1.17. The Kier molecular flexibility index (Phi) is 5.27. The van der Waals surface area contributed by atoms with Crippen molar-refractivity contribution in [1.29, 1.82) is 21.2 Å². The summed E-state index contributed by atoms with van der Waals surface area (Å²) in [6.07, 6.45) is 2.87. The predicted molar refractivity (Wildman–Crippen MR) is 97.0 cm³/mol. The first-order valence-corrected chi connectivity index (χ1v) is 9.23. The number of nitrogens with zero attached hydrogens (tertiary/aromatic N) is 3. The minimum Gasteiger partial charge on any atom is -0.331 e. The van der Waals surface area contributed by atoms with Crippen LogP contribution in [0.2, 0.25) is 0 Å². The van der Waals surface area contributed by atoms with E-state index in [1.165, 1.54) is 11.0 Å². The highest BCUT2D eigenvalue weighted by Crippen LogP contribution is 2.52. The van der Waals surface area contributed by atoms with Crippen LogP contribution < -0.4 is 4.90 Å². The van der Waals surface area contributed by atoms with Crippen molar-refractivity contribution in [2.45, 2.75) is 19.3 Å². The van der Waals surface area contributed by atoms with Gasteiger partial charge in [-0.3, -0.25) is 0 Å². The largest absolute Gasteiger partial charge is 0.331 e. The van der Waals surface area contributed by atoms with Gasteiger partial charge in [-0.05, 0) is 35.8 Å². The summed E-state index contributed by atoms with van der Waals surface area (Å²) in [4.78, 5) is 1.23. The van der Waals surface area contributed by atoms with Gasteiger partial charge in [0.05, 0.1) is 43.6 Å². The zero-order valence-electron chi connectivity index (χ0n) is 15.5. The van der Waals surface area contributed by atoms with Gasteiger partial charge in [-0.15, -0.1) is 0 Å². The van der Waals surface area contributed by atoms with E-state index in [2.05, 4.69) is 13.0 Å². The van der Waals surface area contributed by atoms with E-state index in [1.807, 2.05) is 18.2 Å². The van der Waals surface area contributed by atoms with Crippen LogP contribution in [0.1, 0.15) is 24.8 Å². The second-order valence-corrected chi connectivity index (χ2v) is 7.38. The van der Waals surface area contributed by atoms with Crippen molar-refractivity contribution in [2.75, 3.05) is 19.6 Å². The molecule has 7 heteroatoms. The van der Waals surface area contributed by atoms with Gasteiger partial charge in [-0.1, -0.05) is 13.0 Å². The van der Waals surface area contributed by atoms with Crippen LogP contribution in [0.25, 0.3) is 0 Å². The molecule has 3 rings (SSSR count). The second kappa shape index (κ2) is 7.50. The van der Waals surface area contributed by atoms with E-state index in [4.69, 9.17) is 5.41 Å². The Bertz CT molecular complexity index is 948. The Morgan fingerprint density at radius 2 is 1.93 bits per heavy atom. The molecule has 0 bridgehead atoms. The number of nitrogens with one attached hydrogen (secondary N) is 2. The zero-order valence-corrected chi connectivity index (χ0v) is 15.5. The number of hydrogen-bond acceptors (Lipinski definition) is 4. The summed E-state index contributed by atoms with van der Waals surface area (Å²) < 4.78 is 27.5. The maximum absolute atomic E-state index is 14.0. The zero-order chi connectivity index (χ0) is 20.5. The van der Waals surface area contributed by atoms with E-state index >= 15 is 0 Å². The highest BCUT2D eigenvalue weighted by Gasteiger charge is 2.58. The van der Waals surface area contributed by atoms with E-state index < -0.39 is 28.9 Å². The molecule has 0 spiro atoms. The van der Waals surface area contributed by atoms with Gasteiger partial charge in [0.25, 0.3) is 0 Å². The Balaban J connectivity index is 2.23. The van der Waals surface area contributed by atoms with Crippen molar-refractivity contribution in [1.82, 2.24) is 0 Å². The topological polar surface area (TPSA) is 99.7 Å². The van der Waals surface area contributed by atoms with Crippen LogP contribution >= 0.6 is 0 Å². The third-order valence-electron chi connectivity index (χ3n) is 5.87. The molecule has 1 saturated carbocycles. The van der Waals surface area contributed by atoms with Crippen molar-refractivity contribution >= 4 is 5.71 Å². The van der Waals surface area contributed by atoms with E-state index in [9.17, 15) is 24.6 Å². The number of fused-ring (bicyclic) bond motifs is 1. The fourth-order valence-corrected chi connectivity index (χ4v) is 4.60. The third-order valence-corrected chi connectivity index (χ3v) is 5.87. The summed E-state index contributed by atoms with van der Waals surface area (Å²) in [5.74, 6) is -4.24. The van der Waals surface area contributed by atoms with Crippen LogP contribution in [-0.2, 0) is 0 Å². The van der Waals surface area contributed by atoms with Crippen LogP contribution in [0.15, 0.2) is 29.8 Å². The number of quaternary nitrogens is 1. The Labute approximate surface area is 162 Å². The number of rotatable bonds is 3. The lowest BCUT2D eigenvalue weighted by Crippen LogP contribution is -3.13. The Morgan fingerprint density at radius 1 is 1.21 bits per heavy atom. The van der Waals surface area contributed by atoms with Gasteiger partial charge in [-0.2, -0.15) is 15.8 Å². The first kappa shape index (κ1) is 19.7. The average molecular weight is 380 g/mol. The molecular weight excluding hydrogens is 360 g/mol. The number of benzene rings is 1. The van der Waals surface area contributed by atoms with Crippen molar-refractivity contribution in [2.24, 2.45) is 17.3 Å². The molecule has 4 atom stereocenters. The summed E-state index contributed by atoms with van der Waals surface area (Å²) in [5, 5.41) is 38.0. The van der Waals surface area contributed by atoms with Gasteiger partial charge in [0.15, 0.2) is 17.0 Å². The molecule has 0 saturated heterocycles. The normalized spacial score (nSPS) is 28.3. The summed E-state index contributed by atoms with van der Waals surface area (Å²) in [6, 6.07) is 9.35. The fourth-order valence-electron chi connectivity index (χ4n) is 4.60. The van der Waals surface area contributed by atoms with Crippen LogP contribution in [0.3, 0.4) is 0 Å². The quantitative estimate of drug-likeness (QED) is 0.786. The van der Waals surface area contributed by atoms with Gasteiger partial charge in [-0.25, -0.2) is 8.78 Å². The van der Waals surface area contributed by atoms with Crippen molar-refractivity contribution in [3.8, 4) is 18.2 Å². The molecule has 2 N–H and O–H groups in total. The van der Waals surface area contributed by atoms with Crippen molar-refractivity contribution < 1.29 is 13.7 Å². The molecular formula is C21H20F2N5+. The third kappa shape index (κ3) is 2.87. The van der Waals surface area contributed by atoms with E-state index in [0.717, 1.165) is 25.1 Å². The Morgan fingerprint density at radius 3 is 2.50 bits per heavy atom. The minimum atomic E-state index is -1.90. The molecule has 1 aliphatic carbocycles. The van der Waals surface area contributed by atoms with Crippen LogP contribution in [0.5, 0.6) is 0 Å². The predicted octanol–water partition coefficient (Wildman–Crippen LogP) is 2.11. The van der Waals surface area contributed by atoms with Gasteiger partial charge in [0.1, 0.15) is 5.92 Å². The summed E-state index contributed by atoms with van der Waals surface area (Å²) >= 11 is 0. The average Bonchev–Trinajstić information content (AvgIpc) is 2.70. The maximum atomic E-state index is 14.0. The monoisotopic (exact) mass is 380 g/mol. The van der Waals surface area contributed by atoms with Crippen LogP contribution in [0.4, 0.5) is 8.78 Å². The molecule has 142 valence electrons. The second-order valence-electron chi connectivity index (χ2n) is 7.38. The highest BCUT2D eigenvalue weighted by molar-refractivity contribution is 6.00. The molecule has 0 amide bonds. The van der Waals surface area contributed by atoms with Crippen molar-refractivity contribution in [3.63, 3.8) is 0 Å². The first-order chi connectivity index (χ1) is 13.4. The van der Waals surface area contributed by atoms with Crippen LogP contribution in [-0.4, -0.2) is 25.3 Å². The summed E-state index contributed by atoms with van der Waals surface area (Å²) in [6.45, 7) is 4.20. The fraction of sp³-hybridized carbons (Fsp3) is 0.429. The smallest absolute Gasteiger partial charge is 0.189 e. The highest BCUT2D eigenvalue weighted by atomic mass is 19.2. The molecule has 1 aliphatic heterocycles. The standard InChI is InChI=1S/C21H19F2N5/c1-2-6-28-7-5-14-15(9-24)20(27)21(11-25,12-26)19(16(14)10-28)13-3-4-17(22)18(23)8-13/h3-5,8,15-16,19,27H,2,6-7,10H2,1H3/p+1/t15?,16-,19-/m0/s1. The lowest BCUT2D eigenvalue weighted by atomic mass is 9.54. The lowest BCUT2D eigenvalue weighted by Gasteiger charge is -2.46. The van der Waals surface area contributed by atoms with Crippen molar-refractivity contribution in [3.05, 3.63) is 47.0 Å². The lowest BCUT2D eigenvalue weighted by molar-refractivity contribution is -0.899. The molecule has 2 aliphatic rings. The van der Waals surface area contributed by atoms with Gasteiger partial charge in [0, 0.05) is 11.8 Å². The van der Waals surface area contributed by atoms with Gasteiger partial charge < -0.3 is 10.3 Å². The molecule has 1 aromatic carbocycles. The van der Waals surface area contributed by atoms with E-state index in [1.54, 1.807) is 0 Å². The Hall–Kier alpha value is -3.08. The molecule has 1 fully saturated rings. The summed E-state index contributed by atoms with van der Waals surface area (Å²) in [7, 11) is 0. The van der Waals surface area contributed by atoms with E-state index in [0.29, 0.717) is 24.2 Å². The number of hydrogen-bond donors (Lipinski definition) is 2. The minimum absolute atomic E-state index is 0.281. The molecule has 1 aromatic rings. The molecule has 0 radical (unpaired) electrons. The molecule has 1 heterocycles. The molecule has 2 unspecified atom stereocenters. The molecule has 28 heavy (non-hydrogen) atoms. The van der Waals surface area contributed by atoms with E-state index in [-0.39, 0.29) is 11.6 Å².